The predicted molar refractivity (Wildman–Crippen MR) is 117 cm³/mol. The van der Waals surface area contributed by atoms with E-state index in [1.165, 1.54) is 26.4 Å². The largest absolute Gasteiger partial charge is 0.497 e. The van der Waals surface area contributed by atoms with Gasteiger partial charge in [-0.15, -0.1) is 0 Å². The Morgan fingerprint density at radius 3 is 2.12 bits per heavy atom. The first-order valence-corrected chi connectivity index (χ1v) is 9.69. The number of carbonyl (C=O) groups is 2. The van der Waals surface area contributed by atoms with E-state index >= 15 is 0 Å². The Morgan fingerprint density at radius 1 is 0.844 bits per heavy atom. The van der Waals surface area contributed by atoms with Crippen LogP contribution < -0.4 is 23.7 Å². The number of esters is 1. The maximum Gasteiger partial charge on any atom is 0.351 e. The monoisotopic (exact) mass is 432 g/mol. The summed E-state index contributed by atoms with van der Waals surface area (Å²) >= 11 is 0. The van der Waals surface area contributed by atoms with Gasteiger partial charge in [0.2, 0.25) is 5.78 Å². The zero-order valence-corrected chi connectivity index (χ0v) is 17.7. The van der Waals surface area contributed by atoms with E-state index in [9.17, 15) is 9.59 Å². The lowest BCUT2D eigenvalue weighted by atomic mass is 10.1. The molecule has 1 aliphatic heterocycles. The third-order valence-corrected chi connectivity index (χ3v) is 4.90. The SMILES string of the molecule is COc1ccc(/C=C2\Oc3cc(OC(=O)c4c(OC)cccc4OC)ccc3C2=O)cc1. The van der Waals surface area contributed by atoms with Crippen LogP contribution in [0.25, 0.3) is 6.08 Å². The molecule has 0 radical (unpaired) electrons. The molecule has 1 aliphatic rings. The molecule has 0 bridgehead atoms. The van der Waals surface area contributed by atoms with Crippen LogP contribution in [0.15, 0.2) is 66.4 Å². The van der Waals surface area contributed by atoms with Gasteiger partial charge in [0, 0.05) is 6.07 Å². The lowest BCUT2D eigenvalue weighted by molar-refractivity contribution is 0.0727. The molecule has 1 heterocycles. The van der Waals surface area contributed by atoms with Gasteiger partial charge in [-0.3, -0.25) is 4.79 Å². The van der Waals surface area contributed by atoms with Crippen molar-refractivity contribution in [2.75, 3.05) is 21.3 Å². The molecule has 7 nitrogen and oxygen atoms in total. The molecule has 3 aromatic rings. The molecule has 4 rings (SSSR count). The summed E-state index contributed by atoms with van der Waals surface area (Å²) in [6.45, 7) is 0. The number of ether oxygens (including phenoxy) is 5. The summed E-state index contributed by atoms with van der Waals surface area (Å²) in [6.07, 6.45) is 1.65. The van der Waals surface area contributed by atoms with Crippen molar-refractivity contribution in [3.05, 3.63) is 83.1 Å². The average molecular weight is 432 g/mol. The Kier molecular flexibility index (Phi) is 5.81. The normalized spacial score (nSPS) is 13.3. The van der Waals surface area contributed by atoms with E-state index in [1.54, 1.807) is 49.6 Å². The van der Waals surface area contributed by atoms with Gasteiger partial charge in [-0.1, -0.05) is 18.2 Å². The van der Waals surface area contributed by atoms with Crippen molar-refractivity contribution in [1.82, 2.24) is 0 Å². The number of fused-ring (bicyclic) bond motifs is 1. The van der Waals surface area contributed by atoms with Crippen LogP contribution in [0.3, 0.4) is 0 Å². The Hall–Kier alpha value is -4.26. The zero-order chi connectivity index (χ0) is 22.7. The van der Waals surface area contributed by atoms with Crippen molar-refractivity contribution in [1.29, 1.82) is 0 Å². The Labute approximate surface area is 184 Å². The van der Waals surface area contributed by atoms with Crippen LogP contribution in [0.5, 0.6) is 28.7 Å². The minimum atomic E-state index is -0.655. The van der Waals surface area contributed by atoms with Gasteiger partial charge in [0.15, 0.2) is 5.76 Å². The van der Waals surface area contributed by atoms with Gasteiger partial charge >= 0.3 is 5.97 Å². The highest BCUT2D eigenvalue weighted by Crippen LogP contribution is 2.36. The summed E-state index contributed by atoms with van der Waals surface area (Å²) in [5.41, 5.74) is 1.34. The van der Waals surface area contributed by atoms with Gasteiger partial charge in [0.05, 0.1) is 26.9 Å². The molecule has 7 heteroatoms. The predicted octanol–water partition coefficient (Wildman–Crippen LogP) is 4.55. The topological polar surface area (TPSA) is 80.3 Å². The lowest BCUT2D eigenvalue weighted by Crippen LogP contribution is -2.12. The van der Waals surface area contributed by atoms with E-state index in [4.69, 9.17) is 23.7 Å². The second-order valence-electron chi connectivity index (χ2n) is 6.80. The highest BCUT2D eigenvalue weighted by atomic mass is 16.5. The fourth-order valence-corrected chi connectivity index (χ4v) is 3.29. The molecule has 0 amide bonds. The highest BCUT2D eigenvalue weighted by Gasteiger charge is 2.28. The first-order chi connectivity index (χ1) is 15.5. The van der Waals surface area contributed by atoms with E-state index in [0.29, 0.717) is 28.6 Å². The summed E-state index contributed by atoms with van der Waals surface area (Å²) < 4.78 is 26.9. The third-order valence-electron chi connectivity index (χ3n) is 4.90. The molecular weight excluding hydrogens is 412 g/mol. The molecule has 0 unspecified atom stereocenters. The molecule has 0 N–H and O–H groups in total. The summed E-state index contributed by atoms with van der Waals surface area (Å²) in [4.78, 5) is 25.5. The molecular formula is C25H20O7. The maximum absolute atomic E-state index is 12.8. The van der Waals surface area contributed by atoms with Gasteiger partial charge in [-0.25, -0.2) is 4.79 Å². The number of Topliss-reactive ketones (excluding diaryl/α,β-unsaturated/α-hetero) is 1. The van der Waals surface area contributed by atoms with Crippen LogP contribution in [-0.4, -0.2) is 33.1 Å². The van der Waals surface area contributed by atoms with E-state index < -0.39 is 5.97 Å². The number of benzene rings is 3. The first-order valence-electron chi connectivity index (χ1n) is 9.69. The van der Waals surface area contributed by atoms with Crippen molar-refractivity contribution >= 4 is 17.8 Å². The molecule has 0 aliphatic carbocycles. The quantitative estimate of drug-likeness (QED) is 0.321. The number of methoxy groups -OCH3 is 3. The van der Waals surface area contributed by atoms with Crippen LogP contribution >= 0.6 is 0 Å². The van der Waals surface area contributed by atoms with Crippen molar-refractivity contribution in [3.63, 3.8) is 0 Å². The number of hydrogen-bond acceptors (Lipinski definition) is 7. The molecule has 0 fully saturated rings. The highest BCUT2D eigenvalue weighted by molar-refractivity contribution is 6.14. The molecule has 0 saturated carbocycles. The molecule has 0 atom stereocenters. The van der Waals surface area contributed by atoms with E-state index in [1.807, 2.05) is 12.1 Å². The Morgan fingerprint density at radius 2 is 1.50 bits per heavy atom. The maximum atomic E-state index is 12.8. The zero-order valence-electron chi connectivity index (χ0n) is 17.7. The van der Waals surface area contributed by atoms with Crippen molar-refractivity contribution < 1.29 is 33.3 Å². The molecule has 32 heavy (non-hydrogen) atoms. The average Bonchev–Trinajstić information content (AvgIpc) is 3.13. The van der Waals surface area contributed by atoms with Gasteiger partial charge in [0.1, 0.15) is 34.3 Å². The van der Waals surface area contributed by atoms with Gasteiger partial charge in [0.25, 0.3) is 0 Å². The van der Waals surface area contributed by atoms with Crippen LogP contribution in [0.4, 0.5) is 0 Å². The third kappa shape index (κ3) is 4.00. The van der Waals surface area contributed by atoms with E-state index in [2.05, 4.69) is 0 Å². The Balaban J connectivity index is 1.57. The number of rotatable bonds is 6. The lowest BCUT2D eigenvalue weighted by Gasteiger charge is -2.12. The first kappa shape index (κ1) is 21.0. The van der Waals surface area contributed by atoms with Crippen molar-refractivity contribution in [3.8, 4) is 28.7 Å². The van der Waals surface area contributed by atoms with Crippen molar-refractivity contribution in [2.45, 2.75) is 0 Å². The van der Waals surface area contributed by atoms with E-state index in [0.717, 1.165) is 5.56 Å². The van der Waals surface area contributed by atoms with Gasteiger partial charge in [-0.05, 0) is 48.0 Å². The second kappa shape index (κ2) is 8.85. The van der Waals surface area contributed by atoms with Gasteiger partial charge < -0.3 is 23.7 Å². The van der Waals surface area contributed by atoms with Crippen LogP contribution in [-0.2, 0) is 0 Å². The smallest absolute Gasteiger partial charge is 0.351 e. The fourth-order valence-electron chi connectivity index (χ4n) is 3.29. The number of allylic oxidation sites excluding steroid dienone is 1. The number of ketones is 1. The molecule has 0 saturated heterocycles. The molecule has 162 valence electrons. The van der Waals surface area contributed by atoms with Gasteiger partial charge in [-0.2, -0.15) is 0 Å². The molecule has 3 aromatic carbocycles. The summed E-state index contributed by atoms with van der Waals surface area (Å²) in [5, 5.41) is 0. The van der Waals surface area contributed by atoms with Crippen LogP contribution in [0, 0.1) is 0 Å². The van der Waals surface area contributed by atoms with Crippen LogP contribution in [0.2, 0.25) is 0 Å². The standard InChI is InChI=1S/C25H20O7/c1-28-16-9-7-15(8-10-16)13-22-24(26)18-12-11-17(14-21(18)32-22)31-25(27)23-19(29-2)5-4-6-20(23)30-3/h4-14H,1-3H3/b22-13-. The van der Waals surface area contributed by atoms with Crippen LogP contribution in [0.1, 0.15) is 26.3 Å². The van der Waals surface area contributed by atoms with E-state index in [-0.39, 0.29) is 22.9 Å². The molecule has 0 aromatic heterocycles. The summed E-state index contributed by atoms with van der Waals surface area (Å²) in [7, 11) is 4.50. The van der Waals surface area contributed by atoms with Crippen molar-refractivity contribution in [2.24, 2.45) is 0 Å². The number of carbonyl (C=O) groups excluding carboxylic acids is 2. The second-order valence-corrected chi connectivity index (χ2v) is 6.80. The summed E-state index contributed by atoms with van der Waals surface area (Å²) in [6, 6.07) is 16.8. The minimum Gasteiger partial charge on any atom is -0.497 e. The molecule has 0 spiro atoms. The fraction of sp³-hybridized carbons (Fsp3) is 0.120. The minimum absolute atomic E-state index is 0.162. The summed E-state index contributed by atoms with van der Waals surface area (Å²) in [5.74, 6) is 1.18. The Bertz CT molecular complexity index is 1190. The number of hydrogen-bond donors (Lipinski definition) is 0.